The minimum atomic E-state index is -1.85. The van der Waals surface area contributed by atoms with Crippen LogP contribution in [0.4, 0.5) is 0 Å². The monoisotopic (exact) mass is 1120 g/mol. The van der Waals surface area contributed by atoms with Gasteiger partial charge in [-0.15, -0.1) is 0 Å². The van der Waals surface area contributed by atoms with Crippen LogP contribution in [0.5, 0.6) is 5.75 Å². The highest BCUT2D eigenvalue weighted by molar-refractivity contribution is 7.98. The summed E-state index contributed by atoms with van der Waals surface area (Å²) in [5.41, 5.74) is 17.1. The summed E-state index contributed by atoms with van der Waals surface area (Å²) >= 11 is 1.33. The van der Waals surface area contributed by atoms with Gasteiger partial charge in [-0.2, -0.15) is 11.8 Å². The van der Waals surface area contributed by atoms with E-state index in [-0.39, 0.29) is 76.3 Å². The second kappa shape index (κ2) is 31.2. The lowest BCUT2D eigenvalue weighted by molar-refractivity contribution is -0.146. The summed E-state index contributed by atoms with van der Waals surface area (Å²) in [6.45, 7) is 4.20. The number of carbonyl (C=O) groups is 11. The minimum absolute atomic E-state index is 0.00864. The van der Waals surface area contributed by atoms with Crippen LogP contribution in [0.2, 0.25) is 0 Å². The molecule has 4 rings (SSSR count). The number of nitrogens with two attached hydrogens (primary N) is 3. The quantitative estimate of drug-likeness (QED) is 0.0204. The molecule has 0 spiro atoms. The van der Waals surface area contributed by atoms with Crippen molar-refractivity contribution in [1.29, 1.82) is 0 Å². The molecule has 0 aromatic heterocycles. The Kier molecular flexibility index (Phi) is 25.4. The molecule has 9 amide bonds. The number of hydrogen-bond donors (Lipinski definition) is 13. The summed E-state index contributed by atoms with van der Waals surface area (Å²) in [5.74, 6) is -10.4. The second-order valence-electron chi connectivity index (χ2n) is 19.7. The van der Waals surface area contributed by atoms with E-state index in [9.17, 15) is 68.1 Å². The summed E-state index contributed by atoms with van der Waals surface area (Å²) < 4.78 is 0. The van der Waals surface area contributed by atoms with Crippen LogP contribution in [0.3, 0.4) is 0 Å². The van der Waals surface area contributed by atoms with E-state index in [0.717, 1.165) is 6.42 Å². The van der Waals surface area contributed by atoms with Gasteiger partial charge in [0.2, 0.25) is 53.2 Å². The Morgan fingerprint density at radius 1 is 0.705 bits per heavy atom. The molecular weight excluding hydrogens is 1040 g/mol. The molecule has 0 saturated carbocycles. The molecule has 3 aliphatic heterocycles. The fourth-order valence-corrected chi connectivity index (χ4v) is 9.95. The van der Waals surface area contributed by atoms with Crippen molar-refractivity contribution in [3.05, 3.63) is 29.8 Å². The molecule has 0 aliphatic carbocycles. The average Bonchev–Trinajstić information content (AvgIpc) is 4.23. The number of phenolic OH excluding ortho intramolecular Hbond substituents is 1. The predicted molar refractivity (Wildman–Crippen MR) is 285 cm³/mol. The number of amides is 9. The van der Waals surface area contributed by atoms with Crippen molar-refractivity contribution >= 4 is 82.8 Å². The van der Waals surface area contributed by atoms with Gasteiger partial charge in [-0.1, -0.05) is 32.4 Å². The number of nitrogens with one attached hydrogen (secondary N) is 7. The maximum Gasteiger partial charge on any atom is 0.326 e. The summed E-state index contributed by atoms with van der Waals surface area (Å²) in [7, 11) is 0. The van der Waals surface area contributed by atoms with E-state index >= 15 is 0 Å². The number of guanidine groups is 1. The lowest BCUT2D eigenvalue weighted by atomic mass is 9.98. The molecule has 0 unspecified atom stereocenters. The fraction of sp³-hybridized carbons (Fsp3) is 0.640. The van der Waals surface area contributed by atoms with Crippen LogP contribution in [0, 0.1) is 5.92 Å². The maximum atomic E-state index is 14.4. The summed E-state index contributed by atoms with van der Waals surface area (Å²) in [5, 5.41) is 48.1. The Labute approximate surface area is 456 Å². The molecule has 0 radical (unpaired) electrons. The summed E-state index contributed by atoms with van der Waals surface area (Å²) in [6.07, 6.45) is 2.63. The van der Waals surface area contributed by atoms with E-state index in [4.69, 9.17) is 17.2 Å². The number of carboxylic acid groups (broad SMARTS) is 2. The number of carboxylic acids is 2. The van der Waals surface area contributed by atoms with Crippen LogP contribution in [-0.2, 0) is 59.2 Å². The van der Waals surface area contributed by atoms with Crippen molar-refractivity contribution in [2.75, 3.05) is 38.2 Å². The number of nitrogens with zero attached hydrogens (tertiary/aromatic N) is 3. The van der Waals surface area contributed by atoms with Crippen LogP contribution in [0.25, 0.3) is 0 Å². The van der Waals surface area contributed by atoms with Crippen LogP contribution >= 0.6 is 11.8 Å². The second-order valence-corrected chi connectivity index (χ2v) is 20.7. The molecular formula is C50H77N13O14S. The molecule has 78 heavy (non-hydrogen) atoms. The SMILES string of the molecule is CC[C@H](C)[C@H](NC(=O)[C@@H]1CCCN1C(=O)[C@H](CCSC)NC(=O)[C@H](CC(=O)O)NC(=O)[C@H](CCCN=C(N)N)NC(=O)[C@H](CCC(N)=O)NC(=O)[C@@H]1CCCN1C(=O)[C@H](Cc1ccc(O)cc1)NC(=O)[C@@H]1CCCN1)C(=O)O. The first-order chi connectivity index (χ1) is 37.0. The first kappa shape index (κ1) is 63.3. The van der Waals surface area contributed by atoms with Crippen LogP contribution in [0.15, 0.2) is 29.3 Å². The third-order valence-electron chi connectivity index (χ3n) is 13.9. The topological polar surface area (TPSA) is 430 Å². The smallest absolute Gasteiger partial charge is 0.326 e. The first-order valence-corrected chi connectivity index (χ1v) is 27.7. The zero-order chi connectivity index (χ0) is 57.6. The number of rotatable bonds is 31. The number of aromatic hydroxyl groups is 1. The summed E-state index contributed by atoms with van der Waals surface area (Å²) in [4.78, 5) is 155. The maximum absolute atomic E-state index is 14.4. The van der Waals surface area contributed by atoms with E-state index < -0.39 is 138 Å². The molecule has 1 aromatic rings. The van der Waals surface area contributed by atoms with Gasteiger partial charge in [0.25, 0.3) is 0 Å². The molecule has 432 valence electrons. The van der Waals surface area contributed by atoms with Crippen molar-refractivity contribution in [3.63, 3.8) is 0 Å². The van der Waals surface area contributed by atoms with Gasteiger partial charge in [0.05, 0.1) is 12.5 Å². The average molecular weight is 1120 g/mol. The fourth-order valence-electron chi connectivity index (χ4n) is 9.48. The van der Waals surface area contributed by atoms with Gasteiger partial charge >= 0.3 is 11.9 Å². The number of benzene rings is 1. The Balaban J connectivity index is 1.56. The third kappa shape index (κ3) is 19.3. The number of carbonyl (C=O) groups excluding carboxylic acids is 9. The molecule has 3 aliphatic rings. The predicted octanol–water partition coefficient (Wildman–Crippen LogP) is -2.74. The van der Waals surface area contributed by atoms with Gasteiger partial charge in [0, 0.05) is 32.5 Å². The lowest BCUT2D eigenvalue weighted by Crippen LogP contribution is -2.60. The van der Waals surface area contributed by atoms with Gasteiger partial charge < -0.3 is 79.5 Å². The van der Waals surface area contributed by atoms with Crippen LogP contribution in [-0.4, -0.2) is 189 Å². The van der Waals surface area contributed by atoms with Crippen molar-refractivity contribution in [1.82, 2.24) is 47.0 Å². The molecule has 1 aromatic carbocycles. The van der Waals surface area contributed by atoms with Gasteiger partial charge in [-0.3, -0.25) is 52.9 Å². The minimum Gasteiger partial charge on any atom is -0.508 e. The number of thioether (sulfide) groups is 1. The zero-order valence-electron chi connectivity index (χ0n) is 44.3. The Morgan fingerprint density at radius 3 is 1.79 bits per heavy atom. The highest BCUT2D eigenvalue weighted by atomic mass is 32.2. The van der Waals surface area contributed by atoms with Gasteiger partial charge in [-0.25, -0.2) is 4.79 Å². The molecule has 3 saturated heterocycles. The number of aliphatic carboxylic acids is 2. The number of aliphatic imine (C=N–C) groups is 1. The molecule has 28 heteroatoms. The zero-order valence-corrected chi connectivity index (χ0v) is 45.1. The Hall–Kier alpha value is -7.23. The lowest BCUT2D eigenvalue weighted by Gasteiger charge is -2.31. The largest absolute Gasteiger partial charge is 0.508 e. The standard InChI is InChI=1S/C50H77N13O14S/c1-4-27(2)40(49(76)77)61-46(73)37-12-8-22-62(37)47(74)33(19-24-78-3)58-44(71)34(26-39(66)67)59-42(69)31(10-6-21-55-50(52)53)56-43(70)32(17-18-38(51)65)57-45(72)36-11-7-23-63(36)48(75)35(25-28-13-15-29(64)16-14-28)60-41(68)30-9-5-20-54-30/h13-16,27,30-37,40,54,64H,4-12,17-26H2,1-3H3,(H2,51,65)(H,56,70)(H,57,72)(H,58,71)(H,59,69)(H,60,68)(H,61,73)(H,66,67)(H,76,77)(H4,52,53,55)/t27-,30-,31-,32-,33-,34-,35-,36-,37-,40-/m0/s1. The van der Waals surface area contributed by atoms with Crippen LogP contribution in [0.1, 0.15) is 103 Å². The number of phenols is 1. The van der Waals surface area contributed by atoms with Crippen LogP contribution < -0.4 is 54.4 Å². The molecule has 3 fully saturated rings. The summed E-state index contributed by atoms with van der Waals surface area (Å²) in [6, 6.07) is -5.37. The van der Waals surface area contributed by atoms with Gasteiger partial charge in [0.15, 0.2) is 5.96 Å². The van der Waals surface area contributed by atoms with E-state index in [0.29, 0.717) is 43.5 Å². The number of primary amides is 1. The molecule has 3 heterocycles. The first-order valence-electron chi connectivity index (χ1n) is 26.3. The molecule has 27 nitrogen and oxygen atoms in total. The Bertz CT molecular complexity index is 2330. The van der Waals surface area contributed by atoms with E-state index in [1.165, 1.54) is 33.7 Å². The molecule has 0 bridgehead atoms. The third-order valence-corrected chi connectivity index (χ3v) is 14.6. The van der Waals surface area contributed by atoms with Crippen molar-refractivity contribution < 1.29 is 68.1 Å². The molecule has 10 atom stereocenters. The highest BCUT2D eigenvalue weighted by Crippen LogP contribution is 2.23. The Morgan fingerprint density at radius 2 is 1.26 bits per heavy atom. The highest BCUT2D eigenvalue weighted by Gasteiger charge is 2.42. The van der Waals surface area contributed by atoms with E-state index in [1.807, 2.05) is 0 Å². The number of hydrogen-bond acceptors (Lipinski definition) is 15. The van der Waals surface area contributed by atoms with Gasteiger partial charge in [-0.05, 0) is 106 Å². The van der Waals surface area contributed by atoms with Crippen molar-refractivity contribution in [2.45, 2.75) is 158 Å². The number of likely N-dealkylation sites (tertiary alicyclic amines) is 2. The van der Waals surface area contributed by atoms with Gasteiger partial charge in [0.1, 0.15) is 54.1 Å². The van der Waals surface area contributed by atoms with Crippen molar-refractivity contribution in [2.24, 2.45) is 28.1 Å². The van der Waals surface area contributed by atoms with E-state index in [2.05, 4.69) is 42.2 Å². The molecule has 16 N–H and O–H groups in total. The normalized spacial score (nSPS) is 19.6. The van der Waals surface area contributed by atoms with Crippen molar-refractivity contribution in [3.8, 4) is 5.75 Å². The van der Waals surface area contributed by atoms with E-state index in [1.54, 1.807) is 32.2 Å².